The van der Waals surface area contributed by atoms with Gasteiger partial charge in [0.05, 0.1) is 0 Å². The average Bonchev–Trinajstić information content (AvgIpc) is 3.00. The number of thiophene rings is 1. The van der Waals surface area contributed by atoms with E-state index in [1.807, 2.05) is 6.07 Å². The predicted molar refractivity (Wildman–Crippen MR) is 77.2 cm³/mol. The molecule has 1 aliphatic rings. The summed E-state index contributed by atoms with van der Waals surface area (Å²) in [6.07, 6.45) is 0. The number of rotatable bonds is 2. The Labute approximate surface area is 116 Å². The molecule has 19 heavy (non-hydrogen) atoms. The zero-order valence-corrected chi connectivity index (χ0v) is 11.6. The second kappa shape index (κ2) is 4.87. The van der Waals surface area contributed by atoms with Gasteiger partial charge in [0.2, 0.25) is 0 Å². The van der Waals surface area contributed by atoms with Crippen LogP contribution in [0, 0.1) is 6.92 Å². The number of benzene rings is 1. The number of hydrogen-bond acceptors (Lipinski definition) is 4. The monoisotopic (exact) mass is 275 g/mol. The summed E-state index contributed by atoms with van der Waals surface area (Å²) in [4.78, 5) is 1.42. The van der Waals surface area contributed by atoms with Gasteiger partial charge in [-0.25, -0.2) is 0 Å². The second-order valence-corrected chi connectivity index (χ2v) is 6.03. The van der Waals surface area contributed by atoms with Gasteiger partial charge in [0.15, 0.2) is 11.5 Å². The van der Waals surface area contributed by atoms with E-state index < -0.39 is 0 Å². The summed E-state index contributed by atoms with van der Waals surface area (Å²) < 4.78 is 0. The summed E-state index contributed by atoms with van der Waals surface area (Å²) in [7, 11) is 0. The SMILES string of the molecule is Cc1ccsc1[C@@H]1CNC[C@H]1c1ccc(O)c(O)c1. The number of phenolic OH excluding ortho intramolecular Hbond substituents is 2. The Bertz CT molecular complexity index is 594. The van der Waals surface area contributed by atoms with Gasteiger partial charge in [-0.05, 0) is 41.6 Å². The Morgan fingerprint density at radius 1 is 1.11 bits per heavy atom. The van der Waals surface area contributed by atoms with E-state index in [0.717, 1.165) is 18.7 Å². The van der Waals surface area contributed by atoms with Crippen molar-refractivity contribution in [3.8, 4) is 11.5 Å². The highest BCUT2D eigenvalue weighted by atomic mass is 32.1. The number of aryl methyl sites for hydroxylation is 1. The number of nitrogens with one attached hydrogen (secondary N) is 1. The van der Waals surface area contributed by atoms with Crippen molar-refractivity contribution < 1.29 is 10.2 Å². The highest BCUT2D eigenvalue weighted by molar-refractivity contribution is 7.10. The van der Waals surface area contributed by atoms with Crippen LogP contribution in [0.3, 0.4) is 0 Å². The van der Waals surface area contributed by atoms with Gasteiger partial charge in [-0.15, -0.1) is 11.3 Å². The third kappa shape index (κ3) is 2.22. The minimum atomic E-state index is -0.0569. The summed E-state index contributed by atoms with van der Waals surface area (Å²) >= 11 is 1.80. The third-order valence-electron chi connectivity index (χ3n) is 3.88. The van der Waals surface area contributed by atoms with Crippen molar-refractivity contribution in [2.45, 2.75) is 18.8 Å². The summed E-state index contributed by atoms with van der Waals surface area (Å²) in [6.45, 7) is 4.02. The van der Waals surface area contributed by atoms with E-state index >= 15 is 0 Å². The molecule has 4 heteroatoms. The summed E-state index contributed by atoms with van der Waals surface area (Å²) in [5.74, 6) is 0.706. The van der Waals surface area contributed by atoms with Crippen molar-refractivity contribution in [2.75, 3.05) is 13.1 Å². The molecule has 3 rings (SSSR count). The lowest BCUT2D eigenvalue weighted by atomic mass is 9.86. The predicted octanol–water partition coefficient (Wildman–Crippen LogP) is 2.94. The van der Waals surface area contributed by atoms with Gasteiger partial charge >= 0.3 is 0 Å². The van der Waals surface area contributed by atoms with E-state index in [4.69, 9.17) is 0 Å². The first-order valence-corrected chi connectivity index (χ1v) is 7.31. The third-order valence-corrected chi connectivity index (χ3v) is 5.03. The van der Waals surface area contributed by atoms with Crippen LogP contribution in [0.4, 0.5) is 0 Å². The normalized spacial score (nSPS) is 22.8. The van der Waals surface area contributed by atoms with Crippen LogP contribution in [0.25, 0.3) is 0 Å². The molecule has 0 saturated carbocycles. The standard InChI is InChI=1S/C15H17NO2S/c1-9-4-5-19-15(9)12-8-16-7-11(12)10-2-3-13(17)14(18)6-10/h2-6,11-12,16-18H,7-8H2,1H3/t11-,12+/m0/s1. The van der Waals surface area contributed by atoms with E-state index in [2.05, 4.69) is 23.7 Å². The van der Waals surface area contributed by atoms with Crippen LogP contribution in [-0.4, -0.2) is 23.3 Å². The highest BCUT2D eigenvalue weighted by Gasteiger charge is 2.31. The maximum atomic E-state index is 9.66. The highest BCUT2D eigenvalue weighted by Crippen LogP contribution is 2.41. The molecule has 0 spiro atoms. The molecule has 0 aliphatic carbocycles. The fourth-order valence-corrected chi connectivity index (χ4v) is 3.93. The Balaban J connectivity index is 1.95. The van der Waals surface area contributed by atoms with E-state index in [1.165, 1.54) is 10.4 Å². The number of aromatic hydroxyl groups is 2. The van der Waals surface area contributed by atoms with Gasteiger partial charge in [-0.2, -0.15) is 0 Å². The fraction of sp³-hybridized carbons (Fsp3) is 0.333. The molecule has 1 fully saturated rings. The van der Waals surface area contributed by atoms with Gasteiger partial charge < -0.3 is 15.5 Å². The van der Waals surface area contributed by atoms with Gasteiger partial charge in [-0.1, -0.05) is 6.07 Å². The van der Waals surface area contributed by atoms with Crippen LogP contribution < -0.4 is 5.32 Å². The van der Waals surface area contributed by atoms with Gasteiger partial charge in [0.25, 0.3) is 0 Å². The van der Waals surface area contributed by atoms with Crippen molar-refractivity contribution in [3.05, 3.63) is 45.6 Å². The van der Waals surface area contributed by atoms with Crippen LogP contribution in [0.5, 0.6) is 11.5 Å². The number of hydrogen-bond donors (Lipinski definition) is 3. The molecular formula is C15H17NO2S. The van der Waals surface area contributed by atoms with Crippen molar-refractivity contribution >= 4 is 11.3 Å². The Morgan fingerprint density at radius 2 is 1.89 bits per heavy atom. The van der Waals surface area contributed by atoms with Gasteiger partial charge in [0, 0.05) is 29.8 Å². The summed E-state index contributed by atoms with van der Waals surface area (Å²) in [5, 5.41) is 24.6. The van der Waals surface area contributed by atoms with Gasteiger partial charge in [-0.3, -0.25) is 0 Å². The van der Waals surface area contributed by atoms with Gasteiger partial charge in [0.1, 0.15) is 0 Å². The van der Waals surface area contributed by atoms with E-state index in [9.17, 15) is 10.2 Å². The molecule has 0 unspecified atom stereocenters. The Morgan fingerprint density at radius 3 is 2.58 bits per heavy atom. The zero-order valence-electron chi connectivity index (χ0n) is 10.8. The molecule has 3 nitrogen and oxygen atoms in total. The van der Waals surface area contributed by atoms with E-state index in [1.54, 1.807) is 23.5 Å². The lowest BCUT2D eigenvalue weighted by Gasteiger charge is -2.19. The smallest absolute Gasteiger partial charge is 0.157 e. The first-order valence-electron chi connectivity index (χ1n) is 6.43. The zero-order chi connectivity index (χ0) is 13.4. The Kier molecular flexibility index (Phi) is 3.21. The second-order valence-electron chi connectivity index (χ2n) is 5.09. The van der Waals surface area contributed by atoms with Crippen LogP contribution in [-0.2, 0) is 0 Å². The van der Waals surface area contributed by atoms with E-state index in [0.29, 0.717) is 11.8 Å². The minimum absolute atomic E-state index is 0.0361. The van der Waals surface area contributed by atoms with Crippen LogP contribution in [0.2, 0.25) is 0 Å². The molecule has 1 aromatic carbocycles. The molecule has 0 amide bonds. The van der Waals surface area contributed by atoms with Crippen LogP contribution >= 0.6 is 11.3 Å². The molecule has 1 aliphatic heterocycles. The summed E-state index contributed by atoms with van der Waals surface area (Å²) in [5.41, 5.74) is 2.42. The first-order chi connectivity index (χ1) is 9.16. The first kappa shape index (κ1) is 12.5. The quantitative estimate of drug-likeness (QED) is 0.739. The molecule has 3 N–H and O–H groups in total. The molecule has 2 aromatic rings. The fourth-order valence-electron chi connectivity index (χ4n) is 2.84. The van der Waals surface area contributed by atoms with Crippen molar-refractivity contribution in [2.24, 2.45) is 0 Å². The maximum Gasteiger partial charge on any atom is 0.157 e. The maximum absolute atomic E-state index is 9.66. The minimum Gasteiger partial charge on any atom is -0.504 e. The summed E-state index contributed by atoms with van der Waals surface area (Å²) in [6, 6.07) is 7.32. The Hall–Kier alpha value is -1.52. The number of phenols is 2. The lowest BCUT2D eigenvalue weighted by Crippen LogP contribution is -2.08. The molecule has 100 valence electrons. The molecule has 0 bridgehead atoms. The molecule has 0 radical (unpaired) electrons. The molecule has 2 atom stereocenters. The molecule has 2 heterocycles. The van der Waals surface area contributed by atoms with Crippen molar-refractivity contribution in [3.63, 3.8) is 0 Å². The van der Waals surface area contributed by atoms with Crippen molar-refractivity contribution in [1.29, 1.82) is 0 Å². The average molecular weight is 275 g/mol. The topological polar surface area (TPSA) is 52.5 Å². The van der Waals surface area contributed by atoms with Crippen LogP contribution in [0.1, 0.15) is 27.8 Å². The largest absolute Gasteiger partial charge is 0.504 e. The molecule has 1 aromatic heterocycles. The van der Waals surface area contributed by atoms with Crippen LogP contribution in [0.15, 0.2) is 29.6 Å². The molecule has 1 saturated heterocycles. The van der Waals surface area contributed by atoms with E-state index in [-0.39, 0.29) is 11.5 Å². The molecular weight excluding hydrogens is 258 g/mol. The van der Waals surface area contributed by atoms with Crippen molar-refractivity contribution in [1.82, 2.24) is 5.32 Å². The lowest BCUT2D eigenvalue weighted by molar-refractivity contribution is 0.402.